The second-order valence-corrected chi connectivity index (χ2v) is 7.28. The lowest BCUT2D eigenvalue weighted by Gasteiger charge is -2.36. The fourth-order valence-corrected chi connectivity index (χ4v) is 3.64. The van der Waals surface area contributed by atoms with Gasteiger partial charge in [-0.3, -0.25) is 4.79 Å². The minimum absolute atomic E-state index is 0.0698. The molecule has 0 aromatic heterocycles. The van der Waals surface area contributed by atoms with Gasteiger partial charge in [0.15, 0.2) is 0 Å². The Hall–Kier alpha value is -0.700. The van der Waals surface area contributed by atoms with Crippen molar-refractivity contribution in [3.8, 4) is 0 Å². The number of piperidine rings is 1. The predicted octanol–water partition coefficient (Wildman–Crippen LogP) is -0.248. The summed E-state index contributed by atoms with van der Waals surface area (Å²) in [6.45, 7) is 1.18. The average molecular weight is 307 g/mol. The first-order valence-electron chi connectivity index (χ1n) is 6.73. The number of ether oxygens (including phenoxy) is 1. The molecule has 0 aromatic rings. The van der Waals surface area contributed by atoms with Crippen LogP contribution >= 0.6 is 0 Å². The van der Waals surface area contributed by atoms with Crippen molar-refractivity contribution in [3.63, 3.8) is 0 Å². The summed E-state index contributed by atoms with van der Waals surface area (Å²) in [4.78, 5) is 13.2. The largest absolute Gasteiger partial charge is 0.469 e. The van der Waals surface area contributed by atoms with Crippen LogP contribution in [0.5, 0.6) is 0 Å². The van der Waals surface area contributed by atoms with Crippen molar-refractivity contribution >= 4 is 16.2 Å². The highest BCUT2D eigenvalue weighted by Crippen LogP contribution is 2.18. The van der Waals surface area contributed by atoms with Crippen molar-refractivity contribution in [2.45, 2.75) is 25.3 Å². The molecule has 1 aliphatic rings. The molecule has 1 rings (SSSR count). The molecule has 0 saturated carbocycles. The van der Waals surface area contributed by atoms with E-state index in [1.165, 1.54) is 22.8 Å². The fraction of sp³-hybridized carbons (Fsp3) is 0.917. The van der Waals surface area contributed by atoms with Crippen LogP contribution < -0.4 is 0 Å². The van der Waals surface area contributed by atoms with Crippen LogP contribution in [0.2, 0.25) is 0 Å². The predicted molar refractivity (Wildman–Crippen MR) is 76.5 cm³/mol. The maximum absolute atomic E-state index is 12.3. The molecule has 8 heteroatoms. The highest BCUT2D eigenvalue weighted by atomic mass is 32.2. The highest BCUT2D eigenvalue weighted by Gasteiger charge is 2.31. The van der Waals surface area contributed by atoms with Crippen molar-refractivity contribution in [2.75, 3.05) is 47.9 Å². The van der Waals surface area contributed by atoms with Crippen molar-refractivity contribution in [1.29, 1.82) is 0 Å². The molecule has 0 spiro atoms. The lowest BCUT2D eigenvalue weighted by Crippen LogP contribution is -2.49. The third-order valence-corrected chi connectivity index (χ3v) is 5.72. The number of hydrogen-bond acceptors (Lipinski definition) is 5. The summed E-state index contributed by atoms with van der Waals surface area (Å²) in [7, 11) is 3.34. The molecule has 1 saturated heterocycles. The van der Waals surface area contributed by atoms with Crippen molar-refractivity contribution < 1.29 is 17.9 Å². The number of hydrogen-bond donors (Lipinski definition) is 0. The monoisotopic (exact) mass is 307 g/mol. The molecule has 0 atom stereocenters. The zero-order valence-electron chi connectivity index (χ0n) is 12.7. The second kappa shape index (κ2) is 7.35. The van der Waals surface area contributed by atoms with Crippen LogP contribution in [0, 0.1) is 0 Å². The third-order valence-electron chi connectivity index (χ3n) is 3.73. The van der Waals surface area contributed by atoms with E-state index in [0.29, 0.717) is 19.1 Å². The Kier molecular flexibility index (Phi) is 6.38. The zero-order chi connectivity index (χ0) is 15.3. The molecule has 20 heavy (non-hydrogen) atoms. The first kappa shape index (κ1) is 17.4. The van der Waals surface area contributed by atoms with Gasteiger partial charge in [-0.1, -0.05) is 0 Å². The molecule has 0 radical (unpaired) electrons. The van der Waals surface area contributed by atoms with Crippen molar-refractivity contribution in [2.24, 2.45) is 0 Å². The Bertz CT molecular complexity index is 416. The lowest BCUT2D eigenvalue weighted by atomic mass is 10.1. The Morgan fingerprint density at radius 1 is 1.25 bits per heavy atom. The van der Waals surface area contributed by atoms with E-state index in [0.717, 1.165) is 12.8 Å². The van der Waals surface area contributed by atoms with Gasteiger partial charge in [-0.25, -0.2) is 0 Å². The Labute approximate surface area is 121 Å². The quantitative estimate of drug-likeness (QED) is 0.633. The number of nitrogens with zero attached hydrogens (tertiary/aromatic N) is 3. The number of rotatable bonds is 6. The van der Waals surface area contributed by atoms with Gasteiger partial charge in [-0.2, -0.15) is 17.0 Å². The molecule has 1 aliphatic heterocycles. The number of esters is 1. The van der Waals surface area contributed by atoms with E-state index in [1.807, 2.05) is 14.1 Å². The third kappa shape index (κ3) is 4.41. The Balaban J connectivity index is 2.54. The summed E-state index contributed by atoms with van der Waals surface area (Å²) in [5, 5.41) is 0. The van der Waals surface area contributed by atoms with Gasteiger partial charge in [0.2, 0.25) is 0 Å². The number of carbonyl (C=O) groups is 1. The molecule has 0 unspecified atom stereocenters. The molecular weight excluding hydrogens is 282 g/mol. The van der Waals surface area contributed by atoms with Crippen LogP contribution in [-0.4, -0.2) is 81.8 Å². The van der Waals surface area contributed by atoms with Gasteiger partial charge in [-0.05, 0) is 26.9 Å². The summed E-state index contributed by atoms with van der Waals surface area (Å²) >= 11 is 0. The fourth-order valence-electron chi connectivity index (χ4n) is 2.25. The minimum atomic E-state index is -3.47. The molecule has 7 nitrogen and oxygen atoms in total. The molecule has 0 N–H and O–H groups in total. The first-order valence-corrected chi connectivity index (χ1v) is 8.13. The Morgan fingerprint density at radius 2 is 1.80 bits per heavy atom. The van der Waals surface area contributed by atoms with Crippen LogP contribution in [0.4, 0.5) is 0 Å². The standard InChI is InChI=1S/C12H25N3O4S/c1-13(2)11-5-9-15(10-6-11)20(17,18)14(3)8-7-12(16)19-4/h11H,5-10H2,1-4H3. The van der Waals surface area contributed by atoms with E-state index in [2.05, 4.69) is 9.64 Å². The number of methoxy groups -OCH3 is 1. The van der Waals surface area contributed by atoms with Crippen LogP contribution in [0.25, 0.3) is 0 Å². The summed E-state index contributed by atoms with van der Waals surface area (Å²) < 4.78 is 31.9. The van der Waals surface area contributed by atoms with Gasteiger partial charge in [-0.15, -0.1) is 0 Å². The zero-order valence-corrected chi connectivity index (χ0v) is 13.5. The summed E-state index contributed by atoms with van der Waals surface area (Å²) in [5.41, 5.74) is 0. The van der Waals surface area contributed by atoms with Gasteiger partial charge in [0, 0.05) is 32.7 Å². The van der Waals surface area contributed by atoms with E-state index >= 15 is 0 Å². The summed E-state index contributed by atoms with van der Waals surface area (Å²) in [6.07, 6.45) is 1.73. The van der Waals surface area contributed by atoms with Crippen molar-refractivity contribution in [3.05, 3.63) is 0 Å². The Morgan fingerprint density at radius 3 is 2.25 bits per heavy atom. The molecule has 0 aromatic carbocycles. The molecule has 0 amide bonds. The molecule has 0 aliphatic carbocycles. The van der Waals surface area contributed by atoms with E-state index in [-0.39, 0.29) is 13.0 Å². The molecule has 1 heterocycles. The van der Waals surface area contributed by atoms with Crippen molar-refractivity contribution in [1.82, 2.24) is 13.5 Å². The van der Waals surface area contributed by atoms with Crippen LogP contribution in [0.3, 0.4) is 0 Å². The van der Waals surface area contributed by atoms with Gasteiger partial charge >= 0.3 is 5.97 Å². The average Bonchev–Trinajstić information content (AvgIpc) is 2.44. The highest BCUT2D eigenvalue weighted by molar-refractivity contribution is 7.86. The normalized spacial score (nSPS) is 18.7. The summed E-state index contributed by atoms with van der Waals surface area (Å²) in [5.74, 6) is -0.404. The van der Waals surface area contributed by atoms with Gasteiger partial charge in [0.05, 0.1) is 13.5 Å². The maximum Gasteiger partial charge on any atom is 0.306 e. The lowest BCUT2D eigenvalue weighted by molar-refractivity contribution is -0.140. The molecule has 118 valence electrons. The smallest absolute Gasteiger partial charge is 0.306 e. The van der Waals surface area contributed by atoms with Crippen LogP contribution in [0.15, 0.2) is 0 Å². The molecule has 1 fully saturated rings. The van der Waals surface area contributed by atoms with Crippen LogP contribution in [-0.2, 0) is 19.7 Å². The minimum Gasteiger partial charge on any atom is -0.469 e. The first-order chi connectivity index (χ1) is 9.28. The maximum atomic E-state index is 12.3. The van der Waals surface area contributed by atoms with E-state index in [1.54, 1.807) is 0 Å². The summed E-state index contributed by atoms with van der Waals surface area (Å²) in [6, 6.07) is 0.432. The van der Waals surface area contributed by atoms with Gasteiger partial charge in [0.25, 0.3) is 10.2 Å². The van der Waals surface area contributed by atoms with Gasteiger partial charge < -0.3 is 9.64 Å². The van der Waals surface area contributed by atoms with Crippen LogP contribution in [0.1, 0.15) is 19.3 Å². The molecule has 0 bridgehead atoms. The topological polar surface area (TPSA) is 70.2 Å². The SMILES string of the molecule is COC(=O)CCN(C)S(=O)(=O)N1CCC(N(C)C)CC1. The molecular formula is C12H25N3O4S. The van der Waals surface area contributed by atoms with Gasteiger partial charge in [0.1, 0.15) is 0 Å². The van der Waals surface area contributed by atoms with E-state index < -0.39 is 16.2 Å². The number of carbonyl (C=O) groups excluding carboxylic acids is 1. The van der Waals surface area contributed by atoms with E-state index in [4.69, 9.17) is 0 Å². The van der Waals surface area contributed by atoms with E-state index in [9.17, 15) is 13.2 Å². The second-order valence-electron chi connectivity index (χ2n) is 5.25.